The average molecular weight is 369 g/mol. The molecule has 1 unspecified atom stereocenters. The fraction of sp³-hybridized carbons (Fsp3) is 0.500. The molecule has 0 radical (unpaired) electrons. The summed E-state index contributed by atoms with van der Waals surface area (Å²) in [6.45, 7) is 3.86. The largest absolute Gasteiger partial charge is 0.469 e. The number of allylic oxidation sites excluding steroid dienone is 1. The highest BCUT2D eigenvalue weighted by molar-refractivity contribution is 5.85. The zero-order valence-corrected chi connectivity index (χ0v) is 16.4. The van der Waals surface area contributed by atoms with Crippen molar-refractivity contribution in [1.29, 1.82) is 0 Å². The van der Waals surface area contributed by atoms with E-state index >= 15 is 0 Å². The number of piperidine rings is 1. The molecule has 5 nitrogen and oxygen atoms in total. The number of ether oxygens (including phenoxy) is 1. The van der Waals surface area contributed by atoms with Gasteiger partial charge in [0.05, 0.1) is 38.9 Å². The number of rotatable bonds is 3. The Hall–Kier alpha value is -2.11. The number of aliphatic hydroxyl groups excluding tert-OH is 1. The molecule has 0 bridgehead atoms. The quantitative estimate of drug-likeness (QED) is 0.497. The number of aromatic amines is 1. The zero-order valence-electron chi connectivity index (χ0n) is 16.4. The molecule has 5 heteroatoms. The Labute approximate surface area is 160 Å². The van der Waals surface area contributed by atoms with Crippen molar-refractivity contribution >= 4 is 16.9 Å². The summed E-state index contributed by atoms with van der Waals surface area (Å²) in [6, 6.07) is 8.80. The van der Waals surface area contributed by atoms with Gasteiger partial charge in [-0.2, -0.15) is 0 Å². The van der Waals surface area contributed by atoms with Crippen molar-refractivity contribution in [2.45, 2.75) is 25.8 Å². The molecular weight excluding hydrogens is 340 g/mol. The number of carbonyl (C=O) groups excluding carboxylic acids is 1. The number of para-hydroxylation sites is 1. The number of esters is 1. The van der Waals surface area contributed by atoms with Crippen LogP contribution in [0.5, 0.6) is 0 Å². The Morgan fingerprint density at radius 3 is 2.93 bits per heavy atom. The highest BCUT2D eigenvalue weighted by atomic mass is 16.5. The van der Waals surface area contributed by atoms with Crippen LogP contribution in [0.15, 0.2) is 35.9 Å². The summed E-state index contributed by atoms with van der Waals surface area (Å²) in [4.78, 5) is 16.0. The first-order valence-electron chi connectivity index (χ1n) is 9.80. The zero-order chi connectivity index (χ0) is 19.2. The number of hydrogen-bond donors (Lipinski definition) is 2. The third kappa shape index (κ3) is 2.80. The molecule has 0 spiro atoms. The maximum absolute atomic E-state index is 12.3. The molecule has 0 saturated carbocycles. The van der Waals surface area contributed by atoms with E-state index in [-0.39, 0.29) is 18.5 Å². The minimum Gasteiger partial charge on any atom is -0.469 e. The lowest BCUT2D eigenvalue weighted by Gasteiger charge is -2.51. The van der Waals surface area contributed by atoms with Crippen molar-refractivity contribution in [3.63, 3.8) is 0 Å². The molecule has 2 N–H and O–H groups in total. The number of hydrogen-bond acceptors (Lipinski definition) is 3. The number of quaternary nitrogens is 1. The normalized spacial score (nSPS) is 30.0. The van der Waals surface area contributed by atoms with Crippen LogP contribution < -0.4 is 0 Å². The number of nitrogens with zero attached hydrogens (tertiary/aromatic N) is 1. The number of methoxy groups -OCH3 is 1. The summed E-state index contributed by atoms with van der Waals surface area (Å²) in [5, 5.41) is 11.2. The lowest BCUT2D eigenvalue weighted by atomic mass is 9.74. The summed E-state index contributed by atoms with van der Waals surface area (Å²) >= 11 is 0. The Morgan fingerprint density at radius 2 is 2.22 bits per heavy atom. The standard InChI is InChI=1S/C22H29N2O3/c1-4-14-12-24(2)10-9-16-15-7-5-6-8-19(15)23-21(16)20(24)11-17(14)18(13-25)22(26)27-3/h4-8,17-18,20,23,25H,9-13H2,1-3H3/q+1/b14-4+/t17-,18?,20-,24-/m0/s1. The van der Waals surface area contributed by atoms with Crippen LogP contribution in [-0.2, 0) is 16.0 Å². The van der Waals surface area contributed by atoms with Gasteiger partial charge in [-0.25, -0.2) is 0 Å². The smallest absolute Gasteiger partial charge is 0.311 e. The number of aromatic nitrogens is 1. The Morgan fingerprint density at radius 1 is 1.44 bits per heavy atom. The van der Waals surface area contributed by atoms with Gasteiger partial charge in [0.2, 0.25) is 0 Å². The van der Waals surface area contributed by atoms with Crippen LogP contribution in [0, 0.1) is 11.8 Å². The summed E-state index contributed by atoms with van der Waals surface area (Å²) < 4.78 is 5.94. The van der Waals surface area contributed by atoms with Crippen LogP contribution in [0.2, 0.25) is 0 Å². The molecule has 144 valence electrons. The number of nitrogens with one attached hydrogen (secondary N) is 1. The highest BCUT2D eigenvalue weighted by Crippen LogP contribution is 2.48. The molecule has 4 rings (SSSR count). The van der Waals surface area contributed by atoms with E-state index < -0.39 is 5.92 Å². The van der Waals surface area contributed by atoms with Gasteiger partial charge in [-0.05, 0) is 24.1 Å². The molecule has 2 aliphatic rings. The van der Waals surface area contributed by atoms with Crippen LogP contribution in [0.1, 0.15) is 30.6 Å². The Kier molecular flexibility index (Phi) is 4.60. The lowest BCUT2D eigenvalue weighted by Crippen LogP contribution is -2.57. The van der Waals surface area contributed by atoms with Gasteiger partial charge >= 0.3 is 5.97 Å². The minimum atomic E-state index is -0.496. The molecule has 2 aliphatic heterocycles. The average Bonchev–Trinajstić information content (AvgIpc) is 3.06. The van der Waals surface area contributed by atoms with Gasteiger partial charge in [0.15, 0.2) is 0 Å². The van der Waals surface area contributed by atoms with Crippen LogP contribution in [0.25, 0.3) is 10.9 Å². The second-order valence-corrected chi connectivity index (χ2v) is 8.21. The van der Waals surface area contributed by atoms with Gasteiger partial charge in [0, 0.05) is 29.7 Å². The predicted octanol–water partition coefficient (Wildman–Crippen LogP) is 2.96. The highest BCUT2D eigenvalue weighted by Gasteiger charge is 2.49. The molecule has 0 amide bonds. The Bertz CT molecular complexity index is 900. The topological polar surface area (TPSA) is 62.3 Å². The maximum Gasteiger partial charge on any atom is 0.311 e. The summed E-state index contributed by atoms with van der Waals surface area (Å²) in [6.07, 6.45) is 4.04. The molecule has 1 aromatic heterocycles. The van der Waals surface area contributed by atoms with E-state index in [9.17, 15) is 9.90 Å². The van der Waals surface area contributed by atoms with E-state index in [1.807, 2.05) is 6.92 Å². The summed E-state index contributed by atoms with van der Waals surface area (Å²) in [5.41, 5.74) is 5.19. The van der Waals surface area contributed by atoms with E-state index in [2.05, 4.69) is 42.4 Å². The number of benzene rings is 1. The lowest BCUT2D eigenvalue weighted by molar-refractivity contribution is -0.942. The fourth-order valence-corrected chi connectivity index (χ4v) is 5.34. The van der Waals surface area contributed by atoms with Crippen molar-refractivity contribution in [2.24, 2.45) is 11.8 Å². The first-order valence-corrected chi connectivity index (χ1v) is 9.80. The second kappa shape index (κ2) is 6.80. The number of fused-ring (bicyclic) bond motifs is 5. The molecular formula is C22H29N2O3+. The summed E-state index contributed by atoms with van der Waals surface area (Å²) in [7, 11) is 3.73. The van der Waals surface area contributed by atoms with E-state index in [4.69, 9.17) is 4.74 Å². The molecule has 0 aliphatic carbocycles. The van der Waals surface area contributed by atoms with E-state index in [0.29, 0.717) is 6.04 Å². The van der Waals surface area contributed by atoms with Crippen LogP contribution in [0.4, 0.5) is 0 Å². The number of likely N-dealkylation sites (N-methyl/N-ethyl adjacent to an activating group) is 1. The molecule has 3 heterocycles. The maximum atomic E-state index is 12.3. The van der Waals surface area contributed by atoms with Crippen molar-refractivity contribution < 1.29 is 19.1 Å². The molecule has 27 heavy (non-hydrogen) atoms. The molecule has 1 saturated heterocycles. The van der Waals surface area contributed by atoms with Gasteiger partial charge in [-0.15, -0.1) is 0 Å². The third-order valence-corrected chi connectivity index (χ3v) is 6.86. The minimum absolute atomic E-state index is 0.0148. The number of carbonyl (C=O) groups is 1. The van der Waals surface area contributed by atoms with E-state index in [0.717, 1.165) is 30.4 Å². The van der Waals surface area contributed by atoms with Crippen LogP contribution in [0.3, 0.4) is 0 Å². The van der Waals surface area contributed by atoms with Gasteiger partial charge in [0.25, 0.3) is 0 Å². The number of H-pyrrole nitrogens is 1. The van der Waals surface area contributed by atoms with Gasteiger partial charge in [-0.1, -0.05) is 24.3 Å². The number of aliphatic hydroxyl groups is 1. The van der Waals surface area contributed by atoms with Gasteiger partial charge in [-0.3, -0.25) is 4.79 Å². The second-order valence-electron chi connectivity index (χ2n) is 8.21. The van der Waals surface area contributed by atoms with Gasteiger partial charge in [0.1, 0.15) is 12.6 Å². The first kappa shape index (κ1) is 18.3. The van der Waals surface area contributed by atoms with E-state index in [1.165, 1.54) is 34.8 Å². The Balaban J connectivity index is 1.78. The van der Waals surface area contributed by atoms with Crippen molar-refractivity contribution in [3.8, 4) is 0 Å². The van der Waals surface area contributed by atoms with Crippen molar-refractivity contribution in [1.82, 2.24) is 4.98 Å². The molecule has 1 aromatic carbocycles. The van der Waals surface area contributed by atoms with Crippen LogP contribution in [-0.4, -0.2) is 54.4 Å². The van der Waals surface area contributed by atoms with Crippen LogP contribution >= 0.6 is 0 Å². The fourth-order valence-electron chi connectivity index (χ4n) is 5.34. The monoisotopic (exact) mass is 369 g/mol. The predicted molar refractivity (Wildman–Crippen MR) is 105 cm³/mol. The molecule has 1 fully saturated rings. The SMILES string of the molecule is C/C=C1\C[N@+]2(C)CCc3c([nH]c4ccccc34)[C@@H]2C[C@@H]1C(CO)C(=O)OC. The molecule has 4 atom stereocenters. The van der Waals surface area contributed by atoms with Gasteiger partial charge < -0.3 is 19.3 Å². The first-order chi connectivity index (χ1) is 13.0. The van der Waals surface area contributed by atoms with Crippen molar-refractivity contribution in [3.05, 3.63) is 47.2 Å². The summed E-state index contributed by atoms with van der Waals surface area (Å²) in [5.74, 6) is -0.795. The van der Waals surface area contributed by atoms with Crippen molar-refractivity contribution in [2.75, 3.05) is 33.9 Å². The molecule has 2 aromatic rings. The third-order valence-electron chi connectivity index (χ3n) is 6.86. The van der Waals surface area contributed by atoms with E-state index in [1.54, 1.807) is 0 Å².